The maximum atomic E-state index is 13.0. The smallest absolute Gasteiger partial charge is 0.247 e. The number of nitrogens with one attached hydrogen (secondary N) is 1. The van der Waals surface area contributed by atoms with E-state index in [1.807, 2.05) is 11.0 Å². The Morgan fingerprint density at radius 2 is 1.69 bits per heavy atom. The number of hydrogen-bond donors (Lipinski definition) is 1. The zero-order valence-electron chi connectivity index (χ0n) is 17.7. The van der Waals surface area contributed by atoms with Crippen molar-refractivity contribution in [1.29, 1.82) is 0 Å². The molecule has 1 aromatic carbocycles. The lowest BCUT2D eigenvalue weighted by atomic mass is 10.3. The van der Waals surface area contributed by atoms with Crippen LogP contribution in [-0.2, 0) is 19.6 Å². The molecule has 0 radical (unpaired) electrons. The Balaban J connectivity index is 1.40. The lowest BCUT2D eigenvalue weighted by Gasteiger charge is -2.34. The summed E-state index contributed by atoms with van der Waals surface area (Å²) in [6, 6.07) is 8.01. The third-order valence-corrected chi connectivity index (χ3v) is 7.34. The number of amides is 1. The number of carbonyl (C=O) groups excluding carboxylic acids is 1. The number of benzene rings is 1. The molecule has 1 N–H and O–H groups in total. The van der Waals surface area contributed by atoms with E-state index in [1.54, 1.807) is 18.3 Å². The second kappa shape index (κ2) is 9.63. The number of sulfonamides is 1. The van der Waals surface area contributed by atoms with Crippen LogP contribution in [0.25, 0.3) is 0 Å². The highest BCUT2D eigenvalue weighted by molar-refractivity contribution is 7.89. The Bertz CT molecular complexity index is 1060. The van der Waals surface area contributed by atoms with Gasteiger partial charge in [-0.25, -0.2) is 13.4 Å². The van der Waals surface area contributed by atoms with E-state index < -0.39 is 10.0 Å². The lowest BCUT2D eigenvalue weighted by Crippen LogP contribution is -2.49. The van der Waals surface area contributed by atoms with Crippen molar-refractivity contribution in [3.8, 4) is 0 Å². The Labute approximate surface area is 187 Å². The fourth-order valence-corrected chi connectivity index (χ4v) is 5.06. The first-order valence-electron chi connectivity index (χ1n) is 10.4. The molecule has 32 heavy (non-hydrogen) atoms. The molecule has 3 heterocycles. The van der Waals surface area contributed by atoms with Crippen molar-refractivity contribution in [2.45, 2.75) is 4.90 Å². The maximum Gasteiger partial charge on any atom is 0.247 e. The first-order chi connectivity index (χ1) is 15.5. The number of nitrogens with zero attached hydrogens (tertiary/aromatic N) is 5. The van der Waals surface area contributed by atoms with E-state index in [2.05, 4.69) is 26.8 Å². The van der Waals surface area contributed by atoms with Crippen molar-refractivity contribution in [3.05, 3.63) is 49.2 Å². The Hall–Kier alpha value is -3.02. The number of aromatic nitrogens is 2. The van der Waals surface area contributed by atoms with Crippen LogP contribution in [0.5, 0.6) is 0 Å². The summed E-state index contributed by atoms with van der Waals surface area (Å²) in [5.74, 6) is 1.11. The summed E-state index contributed by atoms with van der Waals surface area (Å²) < 4.78 is 32.9. The van der Waals surface area contributed by atoms with Gasteiger partial charge in [0, 0.05) is 51.2 Å². The van der Waals surface area contributed by atoms with Crippen molar-refractivity contribution in [1.82, 2.24) is 14.3 Å². The average molecular weight is 459 g/mol. The van der Waals surface area contributed by atoms with Gasteiger partial charge in [0.05, 0.1) is 18.1 Å². The molecule has 2 aromatic rings. The van der Waals surface area contributed by atoms with Crippen LogP contribution >= 0.6 is 0 Å². The van der Waals surface area contributed by atoms with Crippen molar-refractivity contribution >= 4 is 33.4 Å². The molecule has 2 fully saturated rings. The van der Waals surface area contributed by atoms with Gasteiger partial charge in [-0.15, -0.1) is 0 Å². The summed E-state index contributed by atoms with van der Waals surface area (Å²) >= 11 is 0. The molecular formula is C21H26N6O4S. The van der Waals surface area contributed by atoms with Gasteiger partial charge in [0.15, 0.2) is 0 Å². The van der Waals surface area contributed by atoms with E-state index in [0.717, 1.165) is 25.0 Å². The second-order valence-electron chi connectivity index (χ2n) is 7.42. The van der Waals surface area contributed by atoms with Crippen molar-refractivity contribution < 1.29 is 17.9 Å². The van der Waals surface area contributed by atoms with Crippen LogP contribution in [0, 0.1) is 0 Å². The third kappa shape index (κ3) is 4.90. The topological polar surface area (TPSA) is 108 Å². The highest BCUT2D eigenvalue weighted by atomic mass is 32.2. The molecule has 2 aliphatic heterocycles. The molecule has 0 aliphatic carbocycles. The summed E-state index contributed by atoms with van der Waals surface area (Å²) in [6.07, 6.45) is 2.90. The zero-order chi connectivity index (χ0) is 22.6. The van der Waals surface area contributed by atoms with Gasteiger partial charge in [0.1, 0.15) is 5.82 Å². The van der Waals surface area contributed by atoms with Gasteiger partial charge in [-0.2, -0.15) is 9.29 Å². The van der Waals surface area contributed by atoms with Gasteiger partial charge in [0.25, 0.3) is 0 Å². The fraction of sp³-hybridized carbons (Fsp3) is 0.381. The minimum Gasteiger partial charge on any atom is -0.378 e. The second-order valence-corrected chi connectivity index (χ2v) is 9.36. The number of ether oxygens (including phenoxy) is 1. The highest BCUT2D eigenvalue weighted by Gasteiger charge is 2.29. The number of hydrogen-bond acceptors (Lipinski definition) is 8. The number of morpholine rings is 1. The van der Waals surface area contributed by atoms with Gasteiger partial charge < -0.3 is 19.9 Å². The van der Waals surface area contributed by atoms with Crippen LogP contribution in [0.15, 0.2) is 54.1 Å². The molecule has 2 aliphatic rings. The number of piperazine rings is 1. The van der Waals surface area contributed by atoms with Crippen LogP contribution in [-0.4, -0.2) is 81.1 Å². The quantitative estimate of drug-likeness (QED) is 0.638. The molecule has 0 bridgehead atoms. The Morgan fingerprint density at radius 1 is 1.00 bits per heavy atom. The third-order valence-electron chi connectivity index (χ3n) is 5.43. The number of rotatable bonds is 6. The SMILES string of the molecule is C=CC(=O)Nc1ccc(S(=O)(=O)N2CCN(c3nccc(N4CCOCC4)n3)CC2)cc1. The van der Waals surface area contributed by atoms with Crippen LogP contribution in [0.3, 0.4) is 0 Å². The summed E-state index contributed by atoms with van der Waals surface area (Å²) in [7, 11) is -3.63. The minimum absolute atomic E-state index is 0.188. The normalized spacial score (nSPS) is 17.8. The Kier molecular flexibility index (Phi) is 6.68. The largest absolute Gasteiger partial charge is 0.378 e. The molecule has 0 spiro atoms. The average Bonchev–Trinajstić information content (AvgIpc) is 2.85. The fourth-order valence-electron chi connectivity index (χ4n) is 3.64. The van der Waals surface area contributed by atoms with Crippen LogP contribution in [0.1, 0.15) is 0 Å². The van der Waals surface area contributed by atoms with Crippen molar-refractivity contribution in [3.63, 3.8) is 0 Å². The molecule has 2 saturated heterocycles. The molecule has 11 heteroatoms. The lowest BCUT2D eigenvalue weighted by molar-refractivity contribution is -0.111. The van der Waals surface area contributed by atoms with E-state index in [4.69, 9.17) is 4.74 Å². The first-order valence-corrected chi connectivity index (χ1v) is 11.9. The Morgan fingerprint density at radius 3 is 2.34 bits per heavy atom. The van der Waals surface area contributed by atoms with E-state index in [-0.39, 0.29) is 10.8 Å². The highest BCUT2D eigenvalue weighted by Crippen LogP contribution is 2.22. The predicted molar refractivity (Wildman–Crippen MR) is 121 cm³/mol. The van der Waals surface area contributed by atoms with Gasteiger partial charge in [-0.3, -0.25) is 4.79 Å². The van der Waals surface area contributed by atoms with Gasteiger partial charge >= 0.3 is 0 Å². The van der Waals surface area contributed by atoms with E-state index >= 15 is 0 Å². The molecule has 0 saturated carbocycles. The van der Waals surface area contributed by atoms with Gasteiger partial charge in [-0.05, 0) is 36.4 Å². The van der Waals surface area contributed by atoms with Gasteiger partial charge in [-0.1, -0.05) is 6.58 Å². The van der Waals surface area contributed by atoms with Crippen molar-refractivity contribution in [2.75, 3.05) is 67.6 Å². The summed E-state index contributed by atoms with van der Waals surface area (Å²) in [5, 5.41) is 2.61. The number of carbonyl (C=O) groups is 1. The van der Waals surface area contributed by atoms with E-state index in [9.17, 15) is 13.2 Å². The standard InChI is InChI=1S/C21H26N6O4S/c1-2-20(28)23-17-3-5-18(6-4-17)32(29,30)27-11-9-26(10-12-27)21-22-8-7-19(24-21)25-13-15-31-16-14-25/h2-8H,1,9-16H2,(H,23,28). The first kappa shape index (κ1) is 22.2. The van der Waals surface area contributed by atoms with E-state index in [1.165, 1.54) is 16.4 Å². The van der Waals surface area contributed by atoms with Gasteiger partial charge in [0.2, 0.25) is 21.9 Å². The van der Waals surface area contributed by atoms with E-state index in [0.29, 0.717) is 51.0 Å². The van der Waals surface area contributed by atoms with Crippen LogP contribution in [0.4, 0.5) is 17.5 Å². The maximum absolute atomic E-state index is 13.0. The minimum atomic E-state index is -3.63. The summed E-state index contributed by atoms with van der Waals surface area (Å²) in [6.45, 7) is 8.00. The van der Waals surface area contributed by atoms with Crippen LogP contribution in [0.2, 0.25) is 0 Å². The summed E-state index contributed by atoms with van der Waals surface area (Å²) in [5.41, 5.74) is 0.510. The number of anilines is 3. The van der Waals surface area contributed by atoms with Crippen LogP contribution < -0.4 is 15.1 Å². The monoisotopic (exact) mass is 458 g/mol. The molecule has 0 unspecified atom stereocenters. The summed E-state index contributed by atoms with van der Waals surface area (Å²) in [4.78, 5) is 24.8. The molecular weight excluding hydrogens is 432 g/mol. The molecule has 170 valence electrons. The predicted octanol–water partition coefficient (Wildman–Crippen LogP) is 0.949. The zero-order valence-corrected chi connectivity index (χ0v) is 18.5. The molecule has 10 nitrogen and oxygen atoms in total. The molecule has 1 amide bonds. The molecule has 4 rings (SSSR count). The van der Waals surface area contributed by atoms with Crippen molar-refractivity contribution in [2.24, 2.45) is 0 Å². The molecule has 0 atom stereocenters. The molecule has 1 aromatic heterocycles.